The summed E-state index contributed by atoms with van der Waals surface area (Å²) in [4.78, 5) is 1.26. The van der Waals surface area contributed by atoms with E-state index in [1.54, 1.807) is 22.5 Å². The highest BCUT2D eigenvalue weighted by molar-refractivity contribution is 7.10. The van der Waals surface area contributed by atoms with Gasteiger partial charge in [0.15, 0.2) is 0 Å². The fourth-order valence-corrected chi connectivity index (χ4v) is 4.31. The molecule has 1 aliphatic rings. The van der Waals surface area contributed by atoms with Gasteiger partial charge < -0.3 is 5.32 Å². The van der Waals surface area contributed by atoms with Gasteiger partial charge in [0.25, 0.3) is 0 Å². The highest BCUT2D eigenvalue weighted by Crippen LogP contribution is 2.32. The van der Waals surface area contributed by atoms with Crippen molar-refractivity contribution >= 4 is 22.9 Å². The summed E-state index contributed by atoms with van der Waals surface area (Å²) in [7, 11) is 0. The van der Waals surface area contributed by atoms with Gasteiger partial charge in [0, 0.05) is 10.9 Å². The van der Waals surface area contributed by atoms with E-state index in [4.69, 9.17) is 11.6 Å². The Labute approximate surface area is 130 Å². The normalized spacial score (nSPS) is 15.3. The summed E-state index contributed by atoms with van der Waals surface area (Å²) in [5.74, 6) is 0. The van der Waals surface area contributed by atoms with E-state index in [1.165, 1.54) is 29.7 Å². The molecule has 0 saturated heterocycles. The van der Waals surface area contributed by atoms with Gasteiger partial charge in [-0.25, -0.2) is 0 Å². The Kier molecular flexibility index (Phi) is 4.45. The number of halogens is 1. The van der Waals surface area contributed by atoms with Crippen LogP contribution in [0.1, 0.15) is 41.0 Å². The summed E-state index contributed by atoms with van der Waals surface area (Å²) in [5.41, 5.74) is 4.51. The SMILES string of the molecule is CCNC(Cc1ccc2c(c1)CCC2)c1sccc1Cl. The number of thiophene rings is 1. The van der Waals surface area contributed by atoms with Gasteiger partial charge in [-0.1, -0.05) is 36.7 Å². The zero-order valence-corrected chi connectivity index (χ0v) is 13.4. The summed E-state index contributed by atoms with van der Waals surface area (Å²) >= 11 is 8.05. The van der Waals surface area contributed by atoms with Crippen LogP contribution in [-0.4, -0.2) is 6.54 Å². The summed E-state index contributed by atoms with van der Waals surface area (Å²) < 4.78 is 0. The van der Waals surface area contributed by atoms with Gasteiger partial charge in [-0.05, 0) is 60.4 Å². The zero-order valence-electron chi connectivity index (χ0n) is 11.8. The molecule has 0 radical (unpaired) electrons. The molecule has 106 valence electrons. The van der Waals surface area contributed by atoms with Gasteiger partial charge in [-0.3, -0.25) is 0 Å². The first-order valence-corrected chi connectivity index (χ1v) is 8.60. The first kappa shape index (κ1) is 14.1. The van der Waals surface area contributed by atoms with Crippen LogP contribution in [0.3, 0.4) is 0 Å². The predicted molar refractivity (Wildman–Crippen MR) is 87.9 cm³/mol. The van der Waals surface area contributed by atoms with Crippen molar-refractivity contribution in [2.75, 3.05) is 6.54 Å². The van der Waals surface area contributed by atoms with Crippen molar-refractivity contribution in [2.45, 2.75) is 38.6 Å². The molecule has 0 aliphatic heterocycles. The van der Waals surface area contributed by atoms with Crippen molar-refractivity contribution in [3.8, 4) is 0 Å². The summed E-state index contributed by atoms with van der Waals surface area (Å²) in [5, 5.41) is 6.53. The molecule has 3 rings (SSSR count). The number of nitrogens with one attached hydrogen (secondary N) is 1. The molecule has 1 heterocycles. The molecular formula is C17H20ClNS. The molecule has 0 spiro atoms. The Morgan fingerprint density at radius 3 is 2.85 bits per heavy atom. The molecular weight excluding hydrogens is 286 g/mol. The van der Waals surface area contributed by atoms with Gasteiger partial charge in [0.05, 0.1) is 5.02 Å². The molecule has 1 atom stereocenters. The lowest BCUT2D eigenvalue weighted by atomic mass is 10.00. The highest BCUT2D eigenvalue weighted by atomic mass is 35.5. The molecule has 0 amide bonds. The van der Waals surface area contributed by atoms with Crippen LogP contribution in [0.2, 0.25) is 5.02 Å². The average molecular weight is 306 g/mol. The van der Waals surface area contributed by atoms with Crippen LogP contribution in [0.4, 0.5) is 0 Å². The van der Waals surface area contributed by atoms with Crippen LogP contribution in [-0.2, 0) is 19.3 Å². The van der Waals surface area contributed by atoms with E-state index in [0.29, 0.717) is 6.04 Å². The third-order valence-corrected chi connectivity index (χ3v) is 5.49. The maximum atomic E-state index is 6.30. The van der Waals surface area contributed by atoms with Crippen LogP contribution in [0.25, 0.3) is 0 Å². The van der Waals surface area contributed by atoms with E-state index >= 15 is 0 Å². The lowest BCUT2D eigenvalue weighted by molar-refractivity contribution is 0.558. The molecule has 2 aromatic rings. The van der Waals surface area contributed by atoms with Gasteiger partial charge in [-0.2, -0.15) is 0 Å². The smallest absolute Gasteiger partial charge is 0.0561 e. The Hall–Kier alpha value is -0.830. The Morgan fingerprint density at radius 1 is 1.25 bits per heavy atom. The number of fused-ring (bicyclic) bond motifs is 1. The summed E-state index contributed by atoms with van der Waals surface area (Å²) in [6, 6.07) is 9.32. The molecule has 1 aromatic carbocycles. The highest BCUT2D eigenvalue weighted by Gasteiger charge is 2.17. The molecule has 3 heteroatoms. The van der Waals surface area contributed by atoms with E-state index in [1.807, 2.05) is 6.07 Å². The van der Waals surface area contributed by atoms with Crippen molar-refractivity contribution in [2.24, 2.45) is 0 Å². The third-order valence-electron chi connectivity index (χ3n) is 4.01. The van der Waals surface area contributed by atoms with E-state index in [2.05, 4.69) is 35.8 Å². The molecule has 0 fully saturated rings. The first-order valence-electron chi connectivity index (χ1n) is 7.35. The van der Waals surface area contributed by atoms with Crippen molar-refractivity contribution in [1.82, 2.24) is 5.32 Å². The molecule has 1 aliphatic carbocycles. The standard InChI is InChI=1S/C17H20ClNS/c1-2-19-16(17-15(18)8-9-20-17)11-12-6-7-13-4-3-5-14(13)10-12/h6-10,16,19H,2-5,11H2,1H3. The van der Waals surface area contributed by atoms with E-state index in [0.717, 1.165) is 18.0 Å². The molecule has 1 unspecified atom stereocenters. The van der Waals surface area contributed by atoms with Crippen LogP contribution in [0, 0.1) is 0 Å². The minimum absolute atomic E-state index is 0.326. The Bertz CT molecular complexity index is 590. The topological polar surface area (TPSA) is 12.0 Å². The second-order valence-corrected chi connectivity index (χ2v) is 6.76. The lowest BCUT2D eigenvalue weighted by Crippen LogP contribution is -2.22. The number of benzene rings is 1. The summed E-state index contributed by atoms with van der Waals surface area (Å²) in [6.45, 7) is 3.11. The maximum Gasteiger partial charge on any atom is 0.0561 e. The van der Waals surface area contributed by atoms with Crippen molar-refractivity contribution < 1.29 is 0 Å². The monoisotopic (exact) mass is 305 g/mol. The summed E-state index contributed by atoms with van der Waals surface area (Å²) in [6.07, 6.45) is 4.82. The third kappa shape index (κ3) is 2.93. The number of aryl methyl sites for hydroxylation is 2. The zero-order chi connectivity index (χ0) is 13.9. The van der Waals surface area contributed by atoms with Gasteiger partial charge in [0.1, 0.15) is 0 Å². The minimum atomic E-state index is 0.326. The van der Waals surface area contributed by atoms with Gasteiger partial charge >= 0.3 is 0 Å². The van der Waals surface area contributed by atoms with Gasteiger partial charge in [-0.15, -0.1) is 11.3 Å². The molecule has 0 saturated carbocycles. The first-order chi connectivity index (χ1) is 9.78. The van der Waals surface area contributed by atoms with E-state index in [9.17, 15) is 0 Å². The van der Waals surface area contributed by atoms with Gasteiger partial charge in [0.2, 0.25) is 0 Å². The van der Waals surface area contributed by atoms with Crippen LogP contribution in [0.5, 0.6) is 0 Å². The quantitative estimate of drug-likeness (QED) is 0.838. The van der Waals surface area contributed by atoms with Crippen molar-refractivity contribution in [3.05, 3.63) is 56.2 Å². The van der Waals surface area contributed by atoms with Crippen LogP contribution < -0.4 is 5.32 Å². The Morgan fingerprint density at radius 2 is 2.10 bits per heavy atom. The fourth-order valence-electron chi connectivity index (χ4n) is 3.05. The largest absolute Gasteiger partial charge is 0.309 e. The van der Waals surface area contributed by atoms with Crippen LogP contribution >= 0.6 is 22.9 Å². The molecule has 0 bridgehead atoms. The van der Waals surface area contributed by atoms with E-state index < -0.39 is 0 Å². The fraction of sp³-hybridized carbons (Fsp3) is 0.412. The van der Waals surface area contributed by atoms with E-state index in [-0.39, 0.29) is 0 Å². The second-order valence-electron chi connectivity index (χ2n) is 5.40. The Balaban J connectivity index is 1.81. The average Bonchev–Trinajstić information content (AvgIpc) is 3.06. The molecule has 1 nitrogen and oxygen atoms in total. The minimum Gasteiger partial charge on any atom is -0.309 e. The predicted octanol–water partition coefficient (Wildman–Crippen LogP) is 4.78. The van der Waals surface area contributed by atoms with Crippen molar-refractivity contribution in [1.29, 1.82) is 0 Å². The number of hydrogen-bond donors (Lipinski definition) is 1. The number of rotatable bonds is 5. The lowest BCUT2D eigenvalue weighted by Gasteiger charge is -2.18. The van der Waals surface area contributed by atoms with Crippen LogP contribution in [0.15, 0.2) is 29.6 Å². The number of likely N-dealkylation sites (N-methyl/N-ethyl adjacent to an activating group) is 1. The van der Waals surface area contributed by atoms with Crippen molar-refractivity contribution in [3.63, 3.8) is 0 Å². The second kappa shape index (κ2) is 6.30. The maximum absolute atomic E-state index is 6.30. The molecule has 20 heavy (non-hydrogen) atoms. The molecule has 1 aromatic heterocycles. The molecule has 1 N–H and O–H groups in total. The number of hydrogen-bond acceptors (Lipinski definition) is 2.